The van der Waals surface area contributed by atoms with Crippen LogP contribution in [-0.4, -0.2) is 29.5 Å². The van der Waals surface area contributed by atoms with Gasteiger partial charge in [-0.15, -0.1) is 0 Å². The van der Waals surface area contributed by atoms with Crippen molar-refractivity contribution in [2.45, 2.75) is 26.7 Å². The molecule has 6 heteroatoms. The maximum Gasteiger partial charge on any atom is 0.202 e. The second-order valence-corrected chi connectivity index (χ2v) is 4.60. The number of nitrogens with one attached hydrogen (secondary N) is 1. The van der Waals surface area contributed by atoms with Crippen molar-refractivity contribution >= 4 is 5.52 Å². The summed E-state index contributed by atoms with van der Waals surface area (Å²) in [5, 5.41) is 6.95. The van der Waals surface area contributed by atoms with Crippen LogP contribution in [0.1, 0.15) is 31.3 Å². The molecule has 18 heavy (non-hydrogen) atoms. The third kappa shape index (κ3) is 1.66. The molecule has 0 fully saturated rings. The molecule has 3 aromatic rings. The largest absolute Gasteiger partial charge is 0.302 e. The number of aryl methyl sites for hydroxylation is 1. The Morgan fingerprint density at radius 2 is 2.11 bits per heavy atom. The molecule has 0 aromatic carbocycles. The molecule has 92 valence electrons. The molecule has 3 aromatic heterocycles. The first-order valence-electron chi connectivity index (χ1n) is 5.87. The highest BCUT2D eigenvalue weighted by molar-refractivity contribution is 5.71. The van der Waals surface area contributed by atoms with E-state index in [4.69, 9.17) is 0 Å². The highest BCUT2D eigenvalue weighted by Gasteiger charge is 2.12. The number of hydrogen-bond acceptors (Lipinski definition) is 4. The van der Waals surface area contributed by atoms with E-state index in [0.717, 1.165) is 22.7 Å². The van der Waals surface area contributed by atoms with Gasteiger partial charge in [-0.25, -0.2) is 9.97 Å². The summed E-state index contributed by atoms with van der Waals surface area (Å²) in [6.45, 7) is 6.10. The number of aromatic amines is 1. The van der Waals surface area contributed by atoms with Crippen molar-refractivity contribution in [3.63, 3.8) is 0 Å². The van der Waals surface area contributed by atoms with Gasteiger partial charge in [-0.3, -0.25) is 10.1 Å². The van der Waals surface area contributed by atoms with E-state index in [9.17, 15) is 0 Å². The second-order valence-electron chi connectivity index (χ2n) is 4.60. The van der Waals surface area contributed by atoms with Gasteiger partial charge >= 0.3 is 0 Å². The van der Waals surface area contributed by atoms with Gasteiger partial charge in [0.1, 0.15) is 17.8 Å². The average Bonchev–Trinajstić information content (AvgIpc) is 2.93. The summed E-state index contributed by atoms with van der Waals surface area (Å²) in [5.41, 5.74) is 2.71. The molecule has 0 radical (unpaired) electrons. The number of fused-ring (bicyclic) bond motifs is 1. The van der Waals surface area contributed by atoms with E-state index < -0.39 is 0 Å². The lowest BCUT2D eigenvalue weighted by molar-refractivity contribution is 0.808. The molecule has 0 aliphatic rings. The van der Waals surface area contributed by atoms with Crippen LogP contribution in [0.5, 0.6) is 0 Å². The number of hydrogen-bond donors (Lipinski definition) is 1. The lowest BCUT2D eigenvalue weighted by Crippen LogP contribution is -1.96. The second kappa shape index (κ2) is 3.90. The Balaban J connectivity index is 2.15. The van der Waals surface area contributed by atoms with E-state index in [1.165, 1.54) is 0 Å². The monoisotopic (exact) mass is 242 g/mol. The van der Waals surface area contributed by atoms with Gasteiger partial charge < -0.3 is 4.40 Å². The van der Waals surface area contributed by atoms with Crippen molar-refractivity contribution in [1.29, 1.82) is 0 Å². The van der Waals surface area contributed by atoms with E-state index in [-0.39, 0.29) is 0 Å². The maximum atomic E-state index is 4.44. The van der Waals surface area contributed by atoms with Crippen LogP contribution in [0.2, 0.25) is 0 Å². The van der Waals surface area contributed by atoms with Crippen LogP contribution in [-0.2, 0) is 0 Å². The molecule has 0 saturated heterocycles. The number of rotatable bonds is 2. The minimum atomic E-state index is 0.394. The topological polar surface area (TPSA) is 71.8 Å². The number of nitrogens with zero attached hydrogens (tertiary/aromatic N) is 5. The zero-order valence-corrected chi connectivity index (χ0v) is 10.5. The van der Waals surface area contributed by atoms with Crippen molar-refractivity contribution in [2.75, 3.05) is 0 Å². The van der Waals surface area contributed by atoms with Crippen molar-refractivity contribution < 1.29 is 0 Å². The van der Waals surface area contributed by atoms with E-state index in [1.54, 1.807) is 6.33 Å². The minimum Gasteiger partial charge on any atom is -0.302 e. The zero-order valence-electron chi connectivity index (χ0n) is 10.5. The lowest BCUT2D eigenvalue weighted by Gasteiger charge is -2.04. The number of H-pyrrole nitrogens is 1. The first kappa shape index (κ1) is 10.9. The lowest BCUT2D eigenvalue weighted by atomic mass is 10.1. The Morgan fingerprint density at radius 1 is 1.28 bits per heavy atom. The molecule has 0 atom stereocenters. The normalized spacial score (nSPS) is 11.6. The van der Waals surface area contributed by atoms with Gasteiger partial charge in [-0.05, 0) is 12.8 Å². The van der Waals surface area contributed by atoms with Crippen molar-refractivity contribution in [3.8, 4) is 11.5 Å². The summed E-state index contributed by atoms with van der Waals surface area (Å²) in [6, 6.07) is 0. The highest BCUT2D eigenvalue weighted by Crippen LogP contribution is 2.20. The third-order valence-electron chi connectivity index (χ3n) is 2.84. The first-order chi connectivity index (χ1) is 8.65. The Kier molecular flexibility index (Phi) is 2.36. The Bertz CT molecular complexity index is 693. The van der Waals surface area contributed by atoms with Crippen LogP contribution >= 0.6 is 0 Å². The highest BCUT2D eigenvalue weighted by atomic mass is 15.2. The van der Waals surface area contributed by atoms with Crippen LogP contribution in [0, 0.1) is 6.92 Å². The summed E-state index contributed by atoms with van der Waals surface area (Å²) in [6.07, 6.45) is 5.59. The van der Waals surface area contributed by atoms with Crippen molar-refractivity contribution in [1.82, 2.24) is 29.5 Å². The predicted molar refractivity (Wildman–Crippen MR) is 67.2 cm³/mol. The Hall–Kier alpha value is -2.24. The number of aromatic nitrogens is 6. The van der Waals surface area contributed by atoms with Gasteiger partial charge in [0.15, 0.2) is 0 Å². The molecule has 3 heterocycles. The fourth-order valence-electron chi connectivity index (χ4n) is 1.83. The van der Waals surface area contributed by atoms with E-state index in [2.05, 4.69) is 39.0 Å². The zero-order chi connectivity index (χ0) is 12.7. The van der Waals surface area contributed by atoms with Gasteiger partial charge in [0.25, 0.3) is 0 Å². The molecule has 1 N–H and O–H groups in total. The SMILES string of the molecule is Cc1nc(-c2ncn3cc(C(C)C)ncc23)n[nH]1. The summed E-state index contributed by atoms with van der Waals surface area (Å²) >= 11 is 0. The maximum absolute atomic E-state index is 4.44. The number of imidazole rings is 1. The molecule has 3 rings (SSSR count). The van der Waals surface area contributed by atoms with Crippen molar-refractivity contribution in [3.05, 3.63) is 30.2 Å². The Morgan fingerprint density at radius 3 is 2.78 bits per heavy atom. The van der Waals surface area contributed by atoms with E-state index in [1.807, 2.05) is 23.7 Å². The van der Waals surface area contributed by atoms with Crippen LogP contribution in [0.25, 0.3) is 17.0 Å². The fraction of sp³-hybridized carbons (Fsp3) is 0.333. The molecule has 0 bridgehead atoms. The van der Waals surface area contributed by atoms with Crippen LogP contribution in [0.15, 0.2) is 18.7 Å². The van der Waals surface area contributed by atoms with E-state index in [0.29, 0.717) is 11.7 Å². The standard InChI is InChI=1S/C12H14N6/c1-7(2)9-5-18-6-14-11(10(18)4-13-9)12-15-8(3)16-17-12/h4-7H,1-3H3,(H,15,16,17). The average molecular weight is 242 g/mol. The molecule has 0 aliphatic heterocycles. The molecule has 0 aliphatic carbocycles. The smallest absolute Gasteiger partial charge is 0.202 e. The summed E-state index contributed by atoms with van der Waals surface area (Å²) < 4.78 is 1.96. The predicted octanol–water partition coefficient (Wildman–Crippen LogP) is 1.95. The van der Waals surface area contributed by atoms with Gasteiger partial charge in [-0.2, -0.15) is 5.10 Å². The van der Waals surface area contributed by atoms with Crippen LogP contribution in [0.3, 0.4) is 0 Å². The fourth-order valence-corrected chi connectivity index (χ4v) is 1.83. The molecular weight excluding hydrogens is 228 g/mol. The quantitative estimate of drug-likeness (QED) is 0.745. The molecule has 0 unspecified atom stereocenters. The third-order valence-corrected chi connectivity index (χ3v) is 2.84. The van der Waals surface area contributed by atoms with Crippen LogP contribution < -0.4 is 0 Å². The molecule has 0 spiro atoms. The van der Waals surface area contributed by atoms with Gasteiger partial charge in [0, 0.05) is 6.20 Å². The molecule has 0 amide bonds. The van der Waals surface area contributed by atoms with Crippen LogP contribution in [0.4, 0.5) is 0 Å². The van der Waals surface area contributed by atoms with Crippen molar-refractivity contribution in [2.24, 2.45) is 0 Å². The summed E-state index contributed by atoms with van der Waals surface area (Å²) in [4.78, 5) is 13.1. The molecule has 6 nitrogen and oxygen atoms in total. The Labute approximate surface area is 104 Å². The molecule has 0 saturated carbocycles. The van der Waals surface area contributed by atoms with Gasteiger partial charge in [0.2, 0.25) is 5.82 Å². The molecular formula is C12H14N6. The van der Waals surface area contributed by atoms with Gasteiger partial charge in [0.05, 0.1) is 17.4 Å². The minimum absolute atomic E-state index is 0.394. The van der Waals surface area contributed by atoms with Gasteiger partial charge in [-0.1, -0.05) is 13.8 Å². The van der Waals surface area contributed by atoms with E-state index >= 15 is 0 Å². The summed E-state index contributed by atoms with van der Waals surface area (Å²) in [7, 11) is 0. The summed E-state index contributed by atoms with van der Waals surface area (Å²) in [5.74, 6) is 1.78. The first-order valence-corrected chi connectivity index (χ1v) is 5.87.